The number of esters is 2. The van der Waals surface area contributed by atoms with E-state index in [4.69, 9.17) is 9.47 Å². The third kappa shape index (κ3) is 8.80. The molecule has 2 aliphatic heterocycles. The summed E-state index contributed by atoms with van der Waals surface area (Å²) in [5.74, 6) is -6.47. The van der Waals surface area contributed by atoms with Crippen molar-refractivity contribution < 1.29 is 47.8 Å². The average molecular weight is 885 g/mol. The van der Waals surface area contributed by atoms with Crippen LogP contribution in [0.25, 0.3) is 10.8 Å². The molecule has 0 aliphatic carbocycles. The van der Waals surface area contributed by atoms with E-state index in [-0.39, 0.29) is 58.7 Å². The lowest BCUT2D eigenvalue weighted by atomic mass is 9.84. The van der Waals surface area contributed by atoms with E-state index < -0.39 is 71.5 Å². The topological polar surface area (TPSA) is 186 Å². The lowest BCUT2D eigenvalue weighted by molar-refractivity contribution is -0.145. The van der Waals surface area contributed by atoms with Gasteiger partial charge in [-0.3, -0.25) is 38.6 Å². The van der Waals surface area contributed by atoms with Crippen molar-refractivity contribution in [1.29, 1.82) is 0 Å². The molecule has 332 valence electrons. The quantitative estimate of drug-likeness (QED) is 0.0985. The number of carbonyl (C=O) groups is 8. The predicted molar refractivity (Wildman–Crippen MR) is 241 cm³/mol. The van der Waals surface area contributed by atoms with E-state index in [1.165, 1.54) is 38.5 Å². The van der Waals surface area contributed by atoms with Gasteiger partial charge in [0, 0.05) is 58.7 Å². The number of nitrogens with zero attached hydrogens (tertiary/aromatic N) is 2. The molecule has 14 nitrogen and oxygen atoms in total. The van der Waals surface area contributed by atoms with Crippen molar-refractivity contribution in [2.45, 2.75) is 49.9 Å². The van der Waals surface area contributed by atoms with Crippen molar-refractivity contribution in [2.24, 2.45) is 0 Å². The van der Waals surface area contributed by atoms with Crippen LogP contribution in [0.4, 0.5) is 0 Å². The monoisotopic (exact) mass is 884 g/mol. The molecule has 0 bridgehead atoms. The Kier molecular flexibility index (Phi) is 12.9. The molecule has 2 N–H and O–H groups in total. The Morgan fingerprint density at radius 2 is 0.667 bits per heavy atom. The number of nitrogens with one attached hydrogen (secondary N) is 2. The Hall–Kier alpha value is -8.26. The Bertz CT molecular complexity index is 2610. The van der Waals surface area contributed by atoms with Gasteiger partial charge in [-0.05, 0) is 46.5 Å². The summed E-state index contributed by atoms with van der Waals surface area (Å²) in [4.78, 5) is 116. The van der Waals surface area contributed by atoms with Gasteiger partial charge < -0.3 is 20.1 Å². The van der Waals surface area contributed by atoms with Gasteiger partial charge in [-0.2, -0.15) is 0 Å². The van der Waals surface area contributed by atoms with E-state index in [2.05, 4.69) is 10.6 Å². The van der Waals surface area contributed by atoms with Gasteiger partial charge in [0.2, 0.25) is 11.8 Å². The van der Waals surface area contributed by atoms with Crippen molar-refractivity contribution in [3.8, 4) is 0 Å². The SMILES string of the molecule is COC(=O)[C@H](Cc1ccccc1)NC(=O)[C@@H](Cc1ccccc1)N1C(=O)c2ccc3c4c(ccc(c24)C1=O)C(=O)N([C@H](Cc1ccccc1)C(=O)N[C@@H](Cc1ccccc1)C(=O)OC)C3=O. The number of ether oxygens (including phenoxy) is 2. The summed E-state index contributed by atoms with van der Waals surface area (Å²) in [7, 11) is 2.39. The van der Waals surface area contributed by atoms with E-state index in [0.717, 1.165) is 20.9 Å². The fraction of sp³-hybridized carbons (Fsp3) is 0.192. The lowest BCUT2D eigenvalue weighted by Crippen LogP contribution is -2.58. The molecule has 6 amide bonds. The third-order valence-electron chi connectivity index (χ3n) is 11.9. The number of rotatable bonds is 16. The van der Waals surface area contributed by atoms with E-state index in [1.807, 2.05) is 12.1 Å². The smallest absolute Gasteiger partial charge is 0.328 e. The number of imide groups is 2. The van der Waals surface area contributed by atoms with Crippen LogP contribution in [0.2, 0.25) is 0 Å². The summed E-state index contributed by atoms with van der Waals surface area (Å²) in [5.41, 5.74) is 2.53. The molecule has 8 rings (SSSR count). The second-order valence-electron chi connectivity index (χ2n) is 16.0. The lowest BCUT2D eigenvalue weighted by Gasteiger charge is -2.37. The molecule has 0 spiro atoms. The minimum atomic E-state index is -1.46. The van der Waals surface area contributed by atoms with Gasteiger partial charge >= 0.3 is 11.9 Å². The molecule has 0 saturated heterocycles. The highest BCUT2D eigenvalue weighted by molar-refractivity contribution is 6.34. The molecule has 4 atom stereocenters. The molecule has 0 radical (unpaired) electrons. The van der Waals surface area contributed by atoms with Gasteiger partial charge in [0.1, 0.15) is 24.2 Å². The maximum atomic E-state index is 14.7. The zero-order chi connectivity index (χ0) is 46.5. The minimum Gasteiger partial charge on any atom is -0.467 e. The van der Waals surface area contributed by atoms with Gasteiger partial charge in [-0.15, -0.1) is 0 Å². The van der Waals surface area contributed by atoms with Crippen LogP contribution in [0, 0.1) is 0 Å². The van der Waals surface area contributed by atoms with E-state index in [9.17, 15) is 38.4 Å². The van der Waals surface area contributed by atoms with Crippen molar-refractivity contribution in [1.82, 2.24) is 20.4 Å². The highest BCUT2D eigenvalue weighted by atomic mass is 16.5. The second kappa shape index (κ2) is 19.2. The number of methoxy groups -OCH3 is 2. The molecule has 66 heavy (non-hydrogen) atoms. The summed E-state index contributed by atoms with van der Waals surface area (Å²) in [5, 5.41) is 5.56. The number of benzene rings is 6. The Morgan fingerprint density at radius 3 is 0.924 bits per heavy atom. The van der Waals surface area contributed by atoms with Gasteiger partial charge in [0.05, 0.1) is 14.2 Å². The fourth-order valence-electron chi connectivity index (χ4n) is 8.66. The summed E-state index contributed by atoms with van der Waals surface area (Å²) >= 11 is 0. The van der Waals surface area contributed by atoms with Gasteiger partial charge in [0.15, 0.2) is 0 Å². The van der Waals surface area contributed by atoms with Crippen molar-refractivity contribution >= 4 is 58.2 Å². The maximum Gasteiger partial charge on any atom is 0.328 e. The molecular weight excluding hydrogens is 841 g/mol. The number of hydrogen-bond acceptors (Lipinski definition) is 10. The minimum absolute atomic E-state index is 0.0423. The normalized spacial score (nSPS) is 14.8. The first kappa shape index (κ1) is 44.4. The van der Waals surface area contributed by atoms with Crippen LogP contribution in [-0.4, -0.2) is 95.6 Å². The predicted octanol–water partition coefficient (Wildman–Crippen LogP) is 5.06. The first-order valence-electron chi connectivity index (χ1n) is 21.3. The number of hydrogen-bond donors (Lipinski definition) is 2. The highest BCUT2D eigenvalue weighted by Gasteiger charge is 2.46. The van der Waals surface area contributed by atoms with Crippen LogP contribution in [0.1, 0.15) is 63.7 Å². The molecule has 0 unspecified atom stereocenters. The zero-order valence-electron chi connectivity index (χ0n) is 36.0. The van der Waals surface area contributed by atoms with Crippen LogP contribution in [0.5, 0.6) is 0 Å². The summed E-state index contributed by atoms with van der Waals surface area (Å²) in [6, 6.07) is 35.7. The average Bonchev–Trinajstić information content (AvgIpc) is 3.34. The Balaban J connectivity index is 1.15. The zero-order valence-corrected chi connectivity index (χ0v) is 36.0. The van der Waals surface area contributed by atoms with Crippen molar-refractivity contribution in [3.05, 3.63) is 190 Å². The van der Waals surface area contributed by atoms with Gasteiger partial charge in [-0.1, -0.05) is 121 Å². The molecule has 2 heterocycles. The number of carbonyl (C=O) groups excluding carboxylic acids is 8. The third-order valence-corrected chi connectivity index (χ3v) is 11.9. The van der Waals surface area contributed by atoms with Crippen LogP contribution >= 0.6 is 0 Å². The highest BCUT2D eigenvalue weighted by Crippen LogP contribution is 2.39. The fourth-order valence-corrected chi connectivity index (χ4v) is 8.66. The van der Waals surface area contributed by atoms with E-state index in [0.29, 0.717) is 11.1 Å². The first-order valence-corrected chi connectivity index (χ1v) is 21.3. The van der Waals surface area contributed by atoms with Crippen LogP contribution in [-0.2, 0) is 54.3 Å². The van der Waals surface area contributed by atoms with Gasteiger partial charge in [0.25, 0.3) is 23.6 Å². The van der Waals surface area contributed by atoms with E-state index >= 15 is 0 Å². The summed E-state index contributed by atoms with van der Waals surface area (Å²) in [6.45, 7) is 0. The molecule has 0 aromatic heterocycles. The molecule has 6 aromatic rings. The Labute approximate surface area is 379 Å². The molecule has 0 saturated carbocycles. The molecule has 0 fully saturated rings. The van der Waals surface area contributed by atoms with Gasteiger partial charge in [-0.25, -0.2) is 9.59 Å². The van der Waals surface area contributed by atoms with Crippen LogP contribution < -0.4 is 10.6 Å². The molecule has 6 aromatic carbocycles. The first-order chi connectivity index (χ1) is 32.0. The molecule has 14 heteroatoms. The van der Waals surface area contributed by atoms with Crippen molar-refractivity contribution in [2.75, 3.05) is 14.2 Å². The standard InChI is InChI=1S/C52H44N4O10/c1-65-51(63)39(27-31-15-7-3-8-16-31)53-45(57)41(29-33-19-11-5-12-20-33)55-47(59)35-23-25-37-44-38(26-24-36(43(35)44)48(55)60)50(62)56(49(37)61)42(30-34-21-13-6-14-22-34)46(58)54-40(52(64)66-2)28-32-17-9-4-10-18-32/h3-26,39-42H,27-30H2,1-2H3,(H,53,57)(H,54,58)/t39-,40-,41+,42+/m0/s1. The summed E-state index contributed by atoms with van der Waals surface area (Å²) in [6.07, 6.45) is -0.0905. The van der Waals surface area contributed by atoms with E-state index in [1.54, 1.807) is 109 Å². The molecular formula is C52H44N4O10. The second-order valence-corrected chi connectivity index (χ2v) is 16.0. The Morgan fingerprint density at radius 1 is 0.409 bits per heavy atom. The van der Waals surface area contributed by atoms with Crippen LogP contribution in [0.3, 0.4) is 0 Å². The van der Waals surface area contributed by atoms with Crippen molar-refractivity contribution in [3.63, 3.8) is 0 Å². The number of amides is 6. The summed E-state index contributed by atoms with van der Waals surface area (Å²) < 4.78 is 10.1. The molecule has 2 aliphatic rings. The van der Waals surface area contributed by atoms with Crippen LogP contribution in [0.15, 0.2) is 146 Å². The maximum absolute atomic E-state index is 14.7. The largest absolute Gasteiger partial charge is 0.467 e.